The van der Waals surface area contributed by atoms with E-state index < -0.39 is 5.97 Å². The topological polar surface area (TPSA) is 80.8 Å². The zero-order valence-corrected chi connectivity index (χ0v) is 13.9. The minimum absolute atomic E-state index is 0.302. The van der Waals surface area contributed by atoms with Gasteiger partial charge in [0.25, 0.3) is 5.91 Å². The quantitative estimate of drug-likeness (QED) is 0.856. The lowest BCUT2D eigenvalue weighted by Gasteiger charge is -2.28. The average molecular weight is 341 g/mol. The van der Waals surface area contributed by atoms with Crippen LogP contribution in [0.25, 0.3) is 0 Å². The summed E-state index contributed by atoms with van der Waals surface area (Å²) in [5.74, 6) is -0.838. The number of hydrogen-bond donors (Lipinski definition) is 1. The molecule has 130 valence electrons. The van der Waals surface area contributed by atoms with Gasteiger partial charge in [-0.05, 0) is 18.2 Å². The monoisotopic (exact) mass is 341 g/mol. The van der Waals surface area contributed by atoms with E-state index in [9.17, 15) is 9.59 Å². The Hall–Kier alpha value is -2.93. The second kappa shape index (κ2) is 7.76. The number of carbonyl (C=O) groups is 2. The first-order valence-electron chi connectivity index (χ1n) is 7.95. The van der Waals surface area contributed by atoms with Crippen molar-refractivity contribution in [1.82, 2.24) is 4.98 Å². The standard InChI is InChI=1S/C18H19N3O4/c1-24-18(23)15-4-2-3-5-16(15)20-17(22)13-10-14(12-19-11-13)21-6-8-25-9-7-21/h2-5,10-12H,6-9H2,1H3,(H,20,22). The van der Waals surface area contributed by atoms with E-state index in [1.807, 2.05) is 0 Å². The molecule has 1 aromatic carbocycles. The number of carbonyl (C=O) groups excluding carboxylic acids is 2. The van der Waals surface area contributed by atoms with E-state index in [-0.39, 0.29) is 5.91 Å². The van der Waals surface area contributed by atoms with Crippen LogP contribution in [-0.4, -0.2) is 50.3 Å². The van der Waals surface area contributed by atoms with Gasteiger partial charge in [-0.3, -0.25) is 9.78 Å². The normalized spacial score (nSPS) is 14.0. The van der Waals surface area contributed by atoms with E-state index in [0.29, 0.717) is 30.0 Å². The molecule has 2 heterocycles. The number of anilines is 2. The fourth-order valence-corrected chi connectivity index (χ4v) is 2.62. The molecule has 1 aliphatic heterocycles. The summed E-state index contributed by atoms with van der Waals surface area (Å²) < 4.78 is 10.1. The second-order valence-electron chi connectivity index (χ2n) is 5.52. The van der Waals surface area contributed by atoms with Crippen LogP contribution in [0.2, 0.25) is 0 Å². The van der Waals surface area contributed by atoms with Crippen molar-refractivity contribution < 1.29 is 19.1 Å². The van der Waals surface area contributed by atoms with Crippen LogP contribution in [0.1, 0.15) is 20.7 Å². The highest BCUT2D eigenvalue weighted by atomic mass is 16.5. The van der Waals surface area contributed by atoms with Crippen LogP contribution in [0.3, 0.4) is 0 Å². The molecule has 2 aromatic rings. The average Bonchev–Trinajstić information content (AvgIpc) is 2.68. The Morgan fingerprint density at radius 1 is 1.20 bits per heavy atom. The summed E-state index contributed by atoms with van der Waals surface area (Å²) in [5.41, 5.74) is 1.99. The maximum Gasteiger partial charge on any atom is 0.339 e. The molecular formula is C18H19N3O4. The molecule has 1 aliphatic rings. The van der Waals surface area contributed by atoms with Gasteiger partial charge in [-0.15, -0.1) is 0 Å². The fourth-order valence-electron chi connectivity index (χ4n) is 2.62. The van der Waals surface area contributed by atoms with Crippen molar-refractivity contribution in [3.05, 3.63) is 53.9 Å². The van der Waals surface area contributed by atoms with E-state index in [0.717, 1.165) is 18.8 Å². The molecule has 25 heavy (non-hydrogen) atoms. The van der Waals surface area contributed by atoms with Crippen LogP contribution in [0.4, 0.5) is 11.4 Å². The Balaban J connectivity index is 1.79. The number of nitrogens with one attached hydrogen (secondary N) is 1. The van der Waals surface area contributed by atoms with Crippen molar-refractivity contribution in [3.63, 3.8) is 0 Å². The summed E-state index contributed by atoms with van der Waals surface area (Å²) in [4.78, 5) is 30.7. The predicted molar refractivity (Wildman–Crippen MR) is 93.0 cm³/mol. The highest BCUT2D eigenvalue weighted by molar-refractivity contribution is 6.08. The number of para-hydroxylation sites is 1. The SMILES string of the molecule is COC(=O)c1ccccc1NC(=O)c1cncc(N2CCOCC2)c1. The number of aromatic nitrogens is 1. The van der Waals surface area contributed by atoms with Gasteiger partial charge in [-0.25, -0.2) is 4.79 Å². The van der Waals surface area contributed by atoms with E-state index in [1.54, 1.807) is 36.5 Å². The molecule has 1 N–H and O–H groups in total. The zero-order valence-electron chi connectivity index (χ0n) is 13.9. The Bertz CT molecular complexity index is 772. The van der Waals surface area contributed by atoms with Gasteiger partial charge < -0.3 is 19.7 Å². The van der Waals surface area contributed by atoms with Gasteiger partial charge in [-0.2, -0.15) is 0 Å². The van der Waals surface area contributed by atoms with Gasteiger partial charge in [0, 0.05) is 19.3 Å². The molecular weight excluding hydrogens is 322 g/mol. The Morgan fingerprint density at radius 3 is 2.72 bits per heavy atom. The lowest BCUT2D eigenvalue weighted by atomic mass is 10.1. The third-order valence-corrected chi connectivity index (χ3v) is 3.94. The summed E-state index contributed by atoms with van der Waals surface area (Å²) in [6.45, 7) is 2.84. The molecule has 0 saturated carbocycles. The summed E-state index contributed by atoms with van der Waals surface area (Å²) in [7, 11) is 1.30. The van der Waals surface area contributed by atoms with Crippen LogP contribution in [0.5, 0.6) is 0 Å². The number of pyridine rings is 1. The Labute approximate surface area is 145 Å². The first-order chi connectivity index (χ1) is 12.2. The number of nitrogens with zero attached hydrogens (tertiary/aromatic N) is 2. The maximum absolute atomic E-state index is 12.6. The number of amides is 1. The molecule has 7 nitrogen and oxygen atoms in total. The highest BCUT2D eigenvalue weighted by Crippen LogP contribution is 2.19. The van der Waals surface area contributed by atoms with Gasteiger partial charge in [0.1, 0.15) is 0 Å². The van der Waals surface area contributed by atoms with Gasteiger partial charge in [-0.1, -0.05) is 12.1 Å². The van der Waals surface area contributed by atoms with E-state index in [2.05, 4.69) is 15.2 Å². The van der Waals surface area contributed by atoms with Crippen molar-refractivity contribution in [3.8, 4) is 0 Å². The van der Waals surface area contributed by atoms with Crippen LogP contribution < -0.4 is 10.2 Å². The van der Waals surface area contributed by atoms with Gasteiger partial charge >= 0.3 is 5.97 Å². The number of rotatable bonds is 4. The Morgan fingerprint density at radius 2 is 1.96 bits per heavy atom. The zero-order chi connectivity index (χ0) is 17.6. The number of benzene rings is 1. The molecule has 1 fully saturated rings. The third kappa shape index (κ3) is 3.95. The maximum atomic E-state index is 12.6. The van der Waals surface area contributed by atoms with E-state index in [4.69, 9.17) is 9.47 Å². The van der Waals surface area contributed by atoms with Crippen molar-refractivity contribution in [2.45, 2.75) is 0 Å². The largest absolute Gasteiger partial charge is 0.465 e. The minimum atomic E-state index is -0.504. The molecule has 1 aromatic heterocycles. The van der Waals surface area contributed by atoms with Crippen LogP contribution >= 0.6 is 0 Å². The number of methoxy groups -OCH3 is 1. The minimum Gasteiger partial charge on any atom is -0.465 e. The molecule has 0 bridgehead atoms. The second-order valence-corrected chi connectivity index (χ2v) is 5.52. The van der Waals surface area contributed by atoms with Crippen LogP contribution in [-0.2, 0) is 9.47 Å². The molecule has 0 atom stereocenters. The van der Waals surface area contributed by atoms with Crippen LogP contribution in [0.15, 0.2) is 42.7 Å². The number of ether oxygens (including phenoxy) is 2. The first-order valence-corrected chi connectivity index (χ1v) is 7.95. The smallest absolute Gasteiger partial charge is 0.339 e. The number of hydrogen-bond acceptors (Lipinski definition) is 6. The van der Waals surface area contributed by atoms with Crippen LogP contribution in [0, 0.1) is 0 Å². The summed E-state index contributed by atoms with van der Waals surface area (Å²) >= 11 is 0. The van der Waals surface area contributed by atoms with Gasteiger partial charge in [0.2, 0.25) is 0 Å². The number of morpholine rings is 1. The molecule has 1 saturated heterocycles. The van der Waals surface area contributed by atoms with E-state index >= 15 is 0 Å². The van der Waals surface area contributed by atoms with Crippen molar-refractivity contribution in [2.24, 2.45) is 0 Å². The molecule has 1 amide bonds. The molecule has 0 radical (unpaired) electrons. The van der Waals surface area contributed by atoms with E-state index in [1.165, 1.54) is 13.3 Å². The molecule has 0 aliphatic carbocycles. The third-order valence-electron chi connectivity index (χ3n) is 3.94. The molecule has 0 unspecified atom stereocenters. The molecule has 0 spiro atoms. The van der Waals surface area contributed by atoms with Gasteiger partial charge in [0.15, 0.2) is 0 Å². The van der Waals surface area contributed by atoms with Crippen molar-refractivity contribution in [2.75, 3.05) is 43.6 Å². The summed E-state index contributed by atoms with van der Waals surface area (Å²) in [5, 5.41) is 2.75. The Kier molecular flexibility index (Phi) is 5.25. The van der Waals surface area contributed by atoms with Crippen molar-refractivity contribution >= 4 is 23.3 Å². The predicted octanol–water partition coefficient (Wildman–Crippen LogP) is 1.96. The van der Waals surface area contributed by atoms with Crippen molar-refractivity contribution in [1.29, 1.82) is 0 Å². The lowest BCUT2D eigenvalue weighted by molar-refractivity contribution is 0.0602. The van der Waals surface area contributed by atoms with Gasteiger partial charge in [0.05, 0.1) is 49.0 Å². The summed E-state index contributed by atoms with van der Waals surface area (Å²) in [6, 6.07) is 8.49. The lowest BCUT2D eigenvalue weighted by Crippen LogP contribution is -2.36. The molecule has 7 heteroatoms. The summed E-state index contributed by atoms with van der Waals surface area (Å²) in [6.07, 6.45) is 3.23. The highest BCUT2D eigenvalue weighted by Gasteiger charge is 2.17. The fraction of sp³-hybridized carbons (Fsp3) is 0.278. The number of esters is 1. The first kappa shape index (κ1) is 16.9. The molecule has 3 rings (SSSR count).